The monoisotopic (exact) mass is 368 g/mol. The average Bonchev–Trinajstić information content (AvgIpc) is 3.18. The summed E-state index contributed by atoms with van der Waals surface area (Å²) in [6, 6.07) is 15.6. The van der Waals surface area contributed by atoms with Gasteiger partial charge in [-0.1, -0.05) is 36.4 Å². The number of thiazole rings is 1. The molecule has 0 spiro atoms. The van der Waals surface area contributed by atoms with E-state index in [4.69, 9.17) is 9.47 Å². The molecule has 0 saturated heterocycles. The number of aromatic nitrogens is 1. The van der Waals surface area contributed by atoms with E-state index in [1.54, 1.807) is 19.6 Å². The summed E-state index contributed by atoms with van der Waals surface area (Å²) in [4.78, 5) is 16.8. The summed E-state index contributed by atoms with van der Waals surface area (Å²) < 4.78 is 10.8. The highest BCUT2D eigenvalue weighted by atomic mass is 32.1. The second-order valence-corrected chi connectivity index (χ2v) is 6.43. The molecule has 0 unspecified atom stereocenters. The molecule has 0 aliphatic carbocycles. The highest BCUT2D eigenvalue weighted by Gasteiger charge is 2.16. The van der Waals surface area contributed by atoms with Gasteiger partial charge >= 0.3 is 0 Å². The molecule has 6 heteroatoms. The molecule has 26 heavy (non-hydrogen) atoms. The van der Waals surface area contributed by atoms with Crippen LogP contribution in [0.15, 0.2) is 53.9 Å². The predicted molar refractivity (Wildman–Crippen MR) is 103 cm³/mol. The number of benzene rings is 2. The van der Waals surface area contributed by atoms with Crippen LogP contribution >= 0.6 is 11.3 Å². The third kappa shape index (κ3) is 4.03. The summed E-state index contributed by atoms with van der Waals surface area (Å²) >= 11 is 1.40. The van der Waals surface area contributed by atoms with E-state index in [-0.39, 0.29) is 5.91 Å². The number of rotatable bonds is 7. The number of nitrogens with zero attached hydrogens (tertiary/aromatic N) is 1. The molecule has 134 valence electrons. The van der Waals surface area contributed by atoms with Crippen molar-refractivity contribution in [2.45, 2.75) is 6.42 Å². The smallest absolute Gasteiger partial charge is 0.270 e. The third-order valence-electron chi connectivity index (χ3n) is 3.91. The molecule has 2 aromatic carbocycles. The number of ether oxygens (including phenoxy) is 2. The zero-order chi connectivity index (χ0) is 18.4. The first-order chi connectivity index (χ1) is 12.7. The second-order valence-electron chi connectivity index (χ2n) is 5.57. The molecule has 0 aliphatic heterocycles. The molecule has 0 bridgehead atoms. The van der Waals surface area contributed by atoms with Gasteiger partial charge in [0.1, 0.15) is 10.7 Å². The average molecular weight is 368 g/mol. The summed E-state index contributed by atoms with van der Waals surface area (Å²) in [5.74, 6) is 1.07. The van der Waals surface area contributed by atoms with Gasteiger partial charge in [-0.05, 0) is 24.1 Å². The highest BCUT2D eigenvalue weighted by molar-refractivity contribution is 7.13. The number of hydrogen-bond donors (Lipinski definition) is 1. The third-order valence-corrected chi connectivity index (χ3v) is 4.79. The number of amides is 1. The van der Waals surface area contributed by atoms with Gasteiger partial charge in [-0.3, -0.25) is 4.79 Å². The zero-order valence-corrected chi connectivity index (χ0v) is 15.5. The molecular weight excluding hydrogens is 348 g/mol. The van der Waals surface area contributed by atoms with Gasteiger partial charge in [0.05, 0.1) is 19.8 Å². The van der Waals surface area contributed by atoms with E-state index in [9.17, 15) is 4.79 Å². The molecule has 1 N–H and O–H groups in total. The molecule has 1 aromatic heterocycles. The standard InChI is InChI=1S/C20H20N2O3S/c1-24-17-10-6-9-15(18(17)25-2)20-22-16(13-26-20)19(23)21-12-11-14-7-4-3-5-8-14/h3-10,13H,11-12H2,1-2H3,(H,21,23). The molecule has 0 fully saturated rings. The van der Waals surface area contributed by atoms with Crippen molar-refractivity contribution >= 4 is 17.2 Å². The lowest BCUT2D eigenvalue weighted by atomic mass is 10.1. The molecular formula is C20H20N2O3S. The first-order valence-electron chi connectivity index (χ1n) is 8.22. The molecule has 3 aromatic rings. The Hall–Kier alpha value is -2.86. The summed E-state index contributed by atoms with van der Waals surface area (Å²) in [7, 11) is 3.18. The Morgan fingerprint density at radius 3 is 2.62 bits per heavy atom. The lowest BCUT2D eigenvalue weighted by Gasteiger charge is -2.10. The van der Waals surface area contributed by atoms with Crippen molar-refractivity contribution in [3.8, 4) is 22.1 Å². The van der Waals surface area contributed by atoms with Crippen LogP contribution < -0.4 is 14.8 Å². The van der Waals surface area contributed by atoms with Crippen molar-refractivity contribution in [1.82, 2.24) is 10.3 Å². The Labute approximate surface area is 156 Å². The van der Waals surface area contributed by atoms with Crippen LogP contribution in [0.25, 0.3) is 10.6 Å². The second kappa shape index (κ2) is 8.49. The van der Waals surface area contributed by atoms with E-state index >= 15 is 0 Å². The van der Waals surface area contributed by atoms with E-state index < -0.39 is 0 Å². The minimum Gasteiger partial charge on any atom is -0.493 e. The largest absolute Gasteiger partial charge is 0.493 e. The summed E-state index contributed by atoms with van der Waals surface area (Å²) in [5.41, 5.74) is 2.40. The number of para-hydroxylation sites is 1. The Morgan fingerprint density at radius 1 is 1.08 bits per heavy atom. The van der Waals surface area contributed by atoms with Gasteiger partial charge in [-0.25, -0.2) is 4.98 Å². The van der Waals surface area contributed by atoms with E-state index in [2.05, 4.69) is 10.3 Å². The van der Waals surface area contributed by atoms with Crippen molar-refractivity contribution in [1.29, 1.82) is 0 Å². The van der Waals surface area contributed by atoms with Crippen LogP contribution in [-0.2, 0) is 6.42 Å². The van der Waals surface area contributed by atoms with E-state index in [1.165, 1.54) is 16.9 Å². The van der Waals surface area contributed by atoms with Crippen LogP contribution in [0.2, 0.25) is 0 Å². The van der Waals surface area contributed by atoms with E-state index in [0.717, 1.165) is 12.0 Å². The number of carbonyl (C=O) groups is 1. The van der Waals surface area contributed by atoms with Crippen LogP contribution in [-0.4, -0.2) is 31.7 Å². The maximum Gasteiger partial charge on any atom is 0.270 e. The maximum atomic E-state index is 12.3. The zero-order valence-electron chi connectivity index (χ0n) is 14.7. The molecule has 0 atom stereocenters. The quantitative estimate of drug-likeness (QED) is 0.689. The lowest BCUT2D eigenvalue weighted by Crippen LogP contribution is -2.25. The summed E-state index contributed by atoms with van der Waals surface area (Å²) in [5, 5.41) is 5.39. The van der Waals surface area contributed by atoms with Gasteiger partial charge in [0.25, 0.3) is 5.91 Å². The first-order valence-corrected chi connectivity index (χ1v) is 9.10. The fourth-order valence-corrected chi connectivity index (χ4v) is 3.43. The topological polar surface area (TPSA) is 60.5 Å². The number of carbonyl (C=O) groups excluding carboxylic acids is 1. The van der Waals surface area contributed by atoms with Crippen LogP contribution in [0.3, 0.4) is 0 Å². The minimum absolute atomic E-state index is 0.176. The normalized spacial score (nSPS) is 10.4. The number of nitrogens with one attached hydrogen (secondary N) is 1. The van der Waals surface area contributed by atoms with Gasteiger partial charge in [-0.2, -0.15) is 0 Å². The van der Waals surface area contributed by atoms with Crippen molar-refractivity contribution in [2.24, 2.45) is 0 Å². The molecule has 0 saturated carbocycles. The fourth-order valence-electron chi connectivity index (χ4n) is 2.61. The molecule has 5 nitrogen and oxygen atoms in total. The van der Waals surface area contributed by atoms with Gasteiger partial charge < -0.3 is 14.8 Å². The van der Waals surface area contributed by atoms with E-state index in [0.29, 0.717) is 28.7 Å². The minimum atomic E-state index is -0.176. The van der Waals surface area contributed by atoms with Crippen LogP contribution in [0, 0.1) is 0 Å². The lowest BCUT2D eigenvalue weighted by molar-refractivity contribution is 0.0950. The molecule has 3 rings (SSSR count). The van der Waals surface area contributed by atoms with Gasteiger partial charge in [-0.15, -0.1) is 11.3 Å². The maximum absolute atomic E-state index is 12.3. The fraction of sp³-hybridized carbons (Fsp3) is 0.200. The molecule has 1 amide bonds. The van der Waals surface area contributed by atoms with Crippen molar-refractivity contribution < 1.29 is 14.3 Å². The Kier molecular flexibility index (Phi) is 5.86. The van der Waals surface area contributed by atoms with Crippen LogP contribution in [0.4, 0.5) is 0 Å². The van der Waals surface area contributed by atoms with Gasteiger partial charge in [0.2, 0.25) is 0 Å². The number of hydrogen-bond acceptors (Lipinski definition) is 5. The van der Waals surface area contributed by atoms with Crippen LogP contribution in [0.1, 0.15) is 16.1 Å². The Morgan fingerprint density at radius 2 is 1.88 bits per heavy atom. The Balaban J connectivity index is 1.69. The highest BCUT2D eigenvalue weighted by Crippen LogP contribution is 2.38. The van der Waals surface area contributed by atoms with Gasteiger partial charge in [0, 0.05) is 11.9 Å². The van der Waals surface area contributed by atoms with Crippen molar-refractivity contribution in [3.63, 3.8) is 0 Å². The Bertz CT molecular complexity index is 878. The molecule has 1 heterocycles. The van der Waals surface area contributed by atoms with Crippen LogP contribution in [0.5, 0.6) is 11.5 Å². The molecule has 0 aliphatic rings. The van der Waals surface area contributed by atoms with Crippen molar-refractivity contribution in [3.05, 3.63) is 65.2 Å². The first kappa shape index (κ1) is 17.9. The summed E-state index contributed by atoms with van der Waals surface area (Å²) in [6.07, 6.45) is 0.785. The van der Waals surface area contributed by atoms with E-state index in [1.807, 2.05) is 48.5 Å². The predicted octanol–water partition coefficient (Wildman–Crippen LogP) is 3.80. The SMILES string of the molecule is COc1cccc(-c2nc(C(=O)NCCc3ccccc3)cs2)c1OC. The molecule has 0 radical (unpaired) electrons. The van der Waals surface area contributed by atoms with Gasteiger partial charge in [0.15, 0.2) is 11.5 Å². The number of methoxy groups -OCH3 is 2. The summed E-state index contributed by atoms with van der Waals surface area (Å²) in [6.45, 7) is 0.568. The van der Waals surface area contributed by atoms with Crippen molar-refractivity contribution in [2.75, 3.05) is 20.8 Å².